The van der Waals surface area contributed by atoms with Crippen molar-refractivity contribution >= 4 is 23.3 Å². The predicted molar refractivity (Wildman–Crippen MR) is 89.4 cm³/mol. The number of hydrogen-bond donors (Lipinski definition) is 1. The van der Waals surface area contributed by atoms with Crippen LogP contribution in [0.15, 0.2) is 41.3 Å². The third-order valence-corrected chi connectivity index (χ3v) is 4.05. The molecule has 2 N–H and O–H groups in total. The number of nitrogen functional groups attached to an aromatic ring is 1. The fourth-order valence-electron chi connectivity index (χ4n) is 2.22. The summed E-state index contributed by atoms with van der Waals surface area (Å²) in [6, 6.07) is 12.5. The van der Waals surface area contributed by atoms with Crippen LogP contribution in [0.1, 0.15) is 13.8 Å². The molecular weight excluding hydrogens is 266 g/mol. The van der Waals surface area contributed by atoms with Crippen molar-refractivity contribution in [2.45, 2.75) is 18.7 Å². The Morgan fingerprint density at radius 1 is 1.10 bits per heavy atom. The maximum atomic E-state index is 5.86. The molecule has 2 rings (SSSR count). The van der Waals surface area contributed by atoms with Gasteiger partial charge in [-0.15, -0.1) is 11.8 Å². The normalized spacial score (nSPS) is 10.6. The van der Waals surface area contributed by atoms with Crippen molar-refractivity contribution in [1.29, 1.82) is 0 Å². The minimum absolute atomic E-state index is 0.569. The van der Waals surface area contributed by atoms with Gasteiger partial charge >= 0.3 is 0 Å². The van der Waals surface area contributed by atoms with Crippen molar-refractivity contribution in [2.24, 2.45) is 0 Å². The summed E-state index contributed by atoms with van der Waals surface area (Å²) in [5, 5.41) is 0. The Morgan fingerprint density at radius 2 is 1.75 bits per heavy atom. The summed E-state index contributed by atoms with van der Waals surface area (Å²) in [6.45, 7) is 6.37. The molecule has 0 spiro atoms. The van der Waals surface area contributed by atoms with Gasteiger partial charge in [-0.05, 0) is 44.4 Å². The number of rotatable bonds is 5. The molecule has 3 nitrogen and oxygen atoms in total. The van der Waals surface area contributed by atoms with Crippen molar-refractivity contribution in [1.82, 2.24) is 4.98 Å². The number of anilines is 2. The molecule has 0 bridgehead atoms. The smallest absolute Gasteiger partial charge is 0.125 e. The van der Waals surface area contributed by atoms with Gasteiger partial charge in [0.1, 0.15) is 5.82 Å². The monoisotopic (exact) mass is 287 g/mol. The molecule has 0 atom stereocenters. The van der Waals surface area contributed by atoms with Gasteiger partial charge in [0, 0.05) is 29.2 Å². The quantitative estimate of drug-likeness (QED) is 0.847. The van der Waals surface area contributed by atoms with Gasteiger partial charge < -0.3 is 10.6 Å². The lowest BCUT2D eigenvalue weighted by molar-refractivity contribution is 0.866. The van der Waals surface area contributed by atoms with E-state index in [1.807, 2.05) is 12.3 Å². The molecule has 0 aliphatic carbocycles. The molecule has 0 amide bonds. The molecule has 1 heterocycles. The van der Waals surface area contributed by atoms with Crippen LogP contribution in [0.3, 0.4) is 0 Å². The van der Waals surface area contributed by atoms with Gasteiger partial charge in [-0.3, -0.25) is 0 Å². The molecule has 4 heteroatoms. The Kier molecular flexibility index (Phi) is 4.90. The zero-order valence-corrected chi connectivity index (χ0v) is 13.1. The summed E-state index contributed by atoms with van der Waals surface area (Å²) in [6.07, 6.45) is 2.04. The third-order valence-electron chi connectivity index (χ3n) is 3.35. The summed E-state index contributed by atoms with van der Waals surface area (Å²) in [4.78, 5) is 7.88. The van der Waals surface area contributed by atoms with Crippen LogP contribution in [0, 0.1) is 0 Å². The maximum Gasteiger partial charge on any atom is 0.125 e. The number of nitrogens with two attached hydrogens (primary N) is 1. The fourth-order valence-corrected chi connectivity index (χ4v) is 2.69. The second kappa shape index (κ2) is 6.66. The first kappa shape index (κ1) is 14.7. The third kappa shape index (κ3) is 3.25. The Labute approximate surface area is 125 Å². The van der Waals surface area contributed by atoms with Gasteiger partial charge in [0.25, 0.3) is 0 Å². The highest BCUT2D eigenvalue weighted by Crippen LogP contribution is 2.26. The lowest BCUT2D eigenvalue weighted by Crippen LogP contribution is -2.21. The average molecular weight is 287 g/mol. The van der Waals surface area contributed by atoms with Gasteiger partial charge in [0.2, 0.25) is 0 Å². The van der Waals surface area contributed by atoms with Gasteiger partial charge in [0.05, 0.1) is 5.69 Å². The van der Waals surface area contributed by atoms with Crippen molar-refractivity contribution in [2.75, 3.05) is 30.0 Å². The molecular formula is C16H21N3S. The number of nitrogens with zero attached hydrogens (tertiary/aromatic N) is 2. The predicted octanol–water partition coefficient (Wildman–Crippen LogP) is 3.90. The molecule has 0 unspecified atom stereocenters. The molecule has 0 aliphatic rings. The lowest BCUT2D eigenvalue weighted by Gasteiger charge is -2.21. The topological polar surface area (TPSA) is 42.1 Å². The number of benzene rings is 1. The Hall–Kier alpha value is -1.68. The highest BCUT2D eigenvalue weighted by molar-refractivity contribution is 7.98. The second-order valence-electron chi connectivity index (χ2n) is 4.54. The van der Waals surface area contributed by atoms with Crippen molar-refractivity contribution in [3.63, 3.8) is 0 Å². The summed E-state index contributed by atoms with van der Waals surface area (Å²) in [5.74, 6) is 0.569. The molecule has 0 radical (unpaired) electrons. The summed E-state index contributed by atoms with van der Waals surface area (Å²) < 4.78 is 0. The summed E-state index contributed by atoms with van der Waals surface area (Å²) in [7, 11) is 0. The second-order valence-corrected chi connectivity index (χ2v) is 5.42. The van der Waals surface area contributed by atoms with Crippen molar-refractivity contribution in [3.05, 3.63) is 36.4 Å². The Balaban J connectivity index is 2.32. The first-order valence-corrected chi connectivity index (χ1v) is 8.07. The van der Waals surface area contributed by atoms with Crippen LogP contribution in [0.4, 0.5) is 11.5 Å². The van der Waals surface area contributed by atoms with E-state index < -0.39 is 0 Å². The minimum atomic E-state index is 0.569. The largest absolute Gasteiger partial charge is 0.384 e. The molecule has 2 aromatic rings. The van der Waals surface area contributed by atoms with E-state index in [0.29, 0.717) is 5.82 Å². The zero-order chi connectivity index (χ0) is 14.5. The first-order chi connectivity index (χ1) is 9.67. The first-order valence-electron chi connectivity index (χ1n) is 6.84. The van der Waals surface area contributed by atoms with E-state index in [1.165, 1.54) is 5.69 Å². The van der Waals surface area contributed by atoms with E-state index in [9.17, 15) is 0 Å². The molecule has 1 aromatic carbocycles. The van der Waals surface area contributed by atoms with Crippen LogP contribution in [0.5, 0.6) is 0 Å². The van der Waals surface area contributed by atoms with Crippen LogP contribution in [0.2, 0.25) is 0 Å². The van der Waals surface area contributed by atoms with Gasteiger partial charge in [-0.1, -0.05) is 12.1 Å². The van der Waals surface area contributed by atoms with Crippen LogP contribution < -0.4 is 10.6 Å². The number of aromatic nitrogens is 1. The number of hydrogen-bond acceptors (Lipinski definition) is 4. The molecule has 0 fully saturated rings. The average Bonchev–Trinajstić information content (AvgIpc) is 2.48. The Morgan fingerprint density at radius 3 is 2.30 bits per heavy atom. The van der Waals surface area contributed by atoms with Gasteiger partial charge in [-0.25, -0.2) is 4.98 Å². The molecule has 106 valence electrons. The highest BCUT2D eigenvalue weighted by Gasteiger charge is 2.05. The SMILES string of the molecule is CCN(CC)c1ccc(-c2cc(SC)cc(N)n2)cc1. The summed E-state index contributed by atoms with van der Waals surface area (Å²) in [5.41, 5.74) is 9.14. The molecule has 1 aromatic heterocycles. The van der Waals surface area contributed by atoms with E-state index >= 15 is 0 Å². The zero-order valence-electron chi connectivity index (χ0n) is 12.3. The van der Waals surface area contributed by atoms with Crippen LogP contribution in [-0.4, -0.2) is 24.3 Å². The standard InChI is InChI=1S/C16H21N3S/c1-4-19(5-2)13-8-6-12(7-9-13)15-10-14(20-3)11-16(17)18-15/h6-11H,4-5H2,1-3H3,(H2,17,18). The Bertz CT molecular complexity index is 562. The maximum absolute atomic E-state index is 5.86. The van der Waals surface area contributed by atoms with Gasteiger partial charge in [0.15, 0.2) is 0 Å². The van der Waals surface area contributed by atoms with E-state index in [-0.39, 0.29) is 0 Å². The van der Waals surface area contributed by atoms with E-state index in [4.69, 9.17) is 5.73 Å². The van der Waals surface area contributed by atoms with E-state index in [0.717, 1.165) is 29.2 Å². The molecule has 0 saturated heterocycles. The van der Waals surface area contributed by atoms with Gasteiger partial charge in [-0.2, -0.15) is 0 Å². The lowest BCUT2D eigenvalue weighted by atomic mass is 10.1. The highest BCUT2D eigenvalue weighted by atomic mass is 32.2. The van der Waals surface area contributed by atoms with Crippen molar-refractivity contribution < 1.29 is 0 Å². The molecule has 0 saturated carbocycles. The van der Waals surface area contributed by atoms with Crippen LogP contribution in [-0.2, 0) is 0 Å². The van der Waals surface area contributed by atoms with E-state index in [2.05, 4.69) is 54.1 Å². The van der Waals surface area contributed by atoms with Crippen LogP contribution in [0.25, 0.3) is 11.3 Å². The number of pyridine rings is 1. The van der Waals surface area contributed by atoms with E-state index in [1.54, 1.807) is 11.8 Å². The fraction of sp³-hybridized carbons (Fsp3) is 0.312. The van der Waals surface area contributed by atoms with Crippen molar-refractivity contribution in [3.8, 4) is 11.3 Å². The molecule has 20 heavy (non-hydrogen) atoms. The minimum Gasteiger partial charge on any atom is -0.384 e. The van der Waals surface area contributed by atoms with Crippen LogP contribution >= 0.6 is 11.8 Å². The number of thioether (sulfide) groups is 1. The molecule has 0 aliphatic heterocycles. The summed E-state index contributed by atoms with van der Waals surface area (Å²) >= 11 is 1.68.